The van der Waals surface area contributed by atoms with Gasteiger partial charge < -0.3 is 15.4 Å². The number of amides is 2. The van der Waals surface area contributed by atoms with E-state index >= 15 is 0 Å². The lowest BCUT2D eigenvalue weighted by Crippen LogP contribution is -2.19. The van der Waals surface area contributed by atoms with E-state index in [1.54, 1.807) is 48.5 Å². The zero-order valence-corrected chi connectivity index (χ0v) is 13.5. The van der Waals surface area contributed by atoms with Crippen molar-refractivity contribution in [2.75, 3.05) is 12.4 Å². The number of benzene rings is 2. The van der Waals surface area contributed by atoms with Crippen molar-refractivity contribution in [1.82, 2.24) is 5.32 Å². The van der Waals surface area contributed by atoms with Crippen LogP contribution < -0.4 is 10.6 Å². The third-order valence-electron chi connectivity index (χ3n) is 3.34. The van der Waals surface area contributed by atoms with Crippen LogP contribution >= 0.6 is 0 Å². The molecule has 2 N–H and O–H groups in total. The molecule has 6 heteroatoms. The molecule has 0 radical (unpaired) electrons. The molecule has 2 amide bonds. The SMILES string of the molecule is COC(=O)c1ccccc1NC(=O)c1ccc(CNC(C)=O)cc1. The average Bonchev–Trinajstić information content (AvgIpc) is 2.60. The second-order valence-electron chi connectivity index (χ2n) is 5.10. The summed E-state index contributed by atoms with van der Waals surface area (Å²) in [5, 5.41) is 5.39. The molecule has 0 aliphatic carbocycles. The van der Waals surface area contributed by atoms with Crippen molar-refractivity contribution in [3.8, 4) is 0 Å². The second-order valence-corrected chi connectivity index (χ2v) is 5.10. The van der Waals surface area contributed by atoms with Crippen molar-refractivity contribution < 1.29 is 19.1 Å². The van der Waals surface area contributed by atoms with Crippen molar-refractivity contribution in [2.45, 2.75) is 13.5 Å². The van der Waals surface area contributed by atoms with Crippen LogP contribution in [0.5, 0.6) is 0 Å². The van der Waals surface area contributed by atoms with Gasteiger partial charge in [-0.2, -0.15) is 0 Å². The van der Waals surface area contributed by atoms with Crippen molar-refractivity contribution in [2.24, 2.45) is 0 Å². The van der Waals surface area contributed by atoms with E-state index in [1.807, 2.05) is 0 Å². The molecule has 2 rings (SSSR count). The van der Waals surface area contributed by atoms with Crippen molar-refractivity contribution >= 4 is 23.5 Å². The van der Waals surface area contributed by atoms with E-state index in [-0.39, 0.29) is 17.4 Å². The van der Waals surface area contributed by atoms with Gasteiger partial charge in [0.25, 0.3) is 5.91 Å². The van der Waals surface area contributed by atoms with E-state index in [9.17, 15) is 14.4 Å². The van der Waals surface area contributed by atoms with Crippen molar-refractivity contribution in [3.63, 3.8) is 0 Å². The highest BCUT2D eigenvalue weighted by atomic mass is 16.5. The number of carbonyl (C=O) groups excluding carboxylic acids is 3. The fourth-order valence-electron chi connectivity index (χ4n) is 2.08. The maximum atomic E-state index is 12.3. The van der Waals surface area contributed by atoms with Crippen molar-refractivity contribution in [1.29, 1.82) is 0 Å². The first-order chi connectivity index (χ1) is 11.5. The van der Waals surface area contributed by atoms with E-state index < -0.39 is 5.97 Å². The standard InChI is InChI=1S/C18H18N2O4/c1-12(21)19-11-13-7-9-14(10-8-13)17(22)20-16-6-4-3-5-15(16)18(23)24-2/h3-10H,11H2,1-2H3,(H,19,21)(H,20,22). The fraction of sp³-hybridized carbons (Fsp3) is 0.167. The molecule has 0 heterocycles. The van der Waals surface area contributed by atoms with Crippen LogP contribution in [0.4, 0.5) is 5.69 Å². The predicted molar refractivity (Wildman–Crippen MR) is 89.7 cm³/mol. The van der Waals surface area contributed by atoms with E-state index in [0.717, 1.165) is 5.56 Å². The normalized spacial score (nSPS) is 9.92. The van der Waals surface area contributed by atoms with E-state index in [4.69, 9.17) is 4.74 Å². The molecule has 0 saturated carbocycles. The van der Waals surface area contributed by atoms with Gasteiger partial charge in [-0.3, -0.25) is 9.59 Å². The van der Waals surface area contributed by atoms with Crippen LogP contribution in [0.3, 0.4) is 0 Å². The zero-order valence-electron chi connectivity index (χ0n) is 13.5. The van der Waals surface area contributed by atoms with Crippen molar-refractivity contribution in [3.05, 3.63) is 65.2 Å². The number of ether oxygens (including phenoxy) is 1. The summed E-state index contributed by atoms with van der Waals surface area (Å²) in [7, 11) is 1.29. The van der Waals surface area contributed by atoms with Crippen LogP contribution in [0.15, 0.2) is 48.5 Å². The second kappa shape index (κ2) is 7.92. The highest BCUT2D eigenvalue weighted by Gasteiger charge is 2.14. The molecule has 2 aromatic carbocycles. The van der Waals surface area contributed by atoms with Gasteiger partial charge in [-0.05, 0) is 29.8 Å². The van der Waals surface area contributed by atoms with Gasteiger partial charge in [0, 0.05) is 19.0 Å². The van der Waals surface area contributed by atoms with Crippen LogP contribution in [0.1, 0.15) is 33.2 Å². The molecule has 0 unspecified atom stereocenters. The number of carbonyl (C=O) groups is 3. The Kier molecular flexibility index (Phi) is 5.68. The van der Waals surface area contributed by atoms with Crippen LogP contribution in [0, 0.1) is 0 Å². The molecule has 124 valence electrons. The Morgan fingerprint density at radius 1 is 1.00 bits per heavy atom. The van der Waals surface area contributed by atoms with Gasteiger partial charge in [-0.1, -0.05) is 24.3 Å². The molecule has 0 atom stereocenters. The summed E-state index contributed by atoms with van der Waals surface area (Å²) in [6.45, 7) is 1.85. The average molecular weight is 326 g/mol. The molecule has 2 aromatic rings. The van der Waals surface area contributed by atoms with Gasteiger partial charge in [0.1, 0.15) is 0 Å². The first-order valence-electron chi connectivity index (χ1n) is 7.33. The van der Waals surface area contributed by atoms with Gasteiger partial charge >= 0.3 is 5.97 Å². The van der Waals surface area contributed by atoms with Crippen LogP contribution in [-0.2, 0) is 16.1 Å². The lowest BCUT2D eigenvalue weighted by atomic mass is 10.1. The number of para-hydroxylation sites is 1. The van der Waals surface area contributed by atoms with E-state index in [0.29, 0.717) is 17.8 Å². The number of rotatable bonds is 5. The quantitative estimate of drug-likeness (QED) is 0.826. The highest BCUT2D eigenvalue weighted by molar-refractivity contribution is 6.08. The first kappa shape index (κ1) is 17.2. The number of esters is 1. The minimum absolute atomic E-state index is 0.115. The Balaban J connectivity index is 2.10. The maximum Gasteiger partial charge on any atom is 0.339 e. The summed E-state index contributed by atoms with van der Waals surface area (Å²) >= 11 is 0. The smallest absolute Gasteiger partial charge is 0.339 e. The van der Waals surface area contributed by atoms with Gasteiger partial charge in [0.05, 0.1) is 18.4 Å². The maximum absolute atomic E-state index is 12.3. The van der Waals surface area contributed by atoms with Gasteiger partial charge in [-0.15, -0.1) is 0 Å². The Morgan fingerprint density at radius 2 is 1.67 bits per heavy atom. The minimum Gasteiger partial charge on any atom is -0.465 e. The molecular formula is C18H18N2O4. The molecule has 24 heavy (non-hydrogen) atoms. The van der Waals surface area contributed by atoms with E-state index in [1.165, 1.54) is 14.0 Å². The molecule has 0 fully saturated rings. The largest absolute Gasteiger partial charge is 0.465 e. The number of nitrogens with one attached hydrogen (secondary N) is 2. The van der Waals surface area contributed by atoms with Crippen LogP contribution in [0.2, 0.25) is 0 Å². The van der Waals surface area contributed by atoms with Gasteiger partial charge in [0.2, 0.25) is 5.91 Å². The molecule has 0 aliphatic heterocycles. The molecule has 6 nitrogen and oxygen atoms in total. The third kappa shape index (κ3) is 4.42. The Bertz CT molecular complexity index is 754. The first-order valence-corrected chi connectivity index (χ1v) is 7.33. The molecule has 0 spiro atoms. The number of hydrogen-bond donors (Lipinski definition) is 2. The number of methoxy groups -OCH3 is 1. The summed E-state index contributed by atoms with van der Waals surface area (Å²) in [5.41, 5.74) is 2.00. The van der Waals surface area contributed by atoms with Crippen LogP contribution in [0.25, 0.3) is 0 Å². The highest BCUT2D eigenvalue weighted by Crippen LogP contribution is 2.17. The predicted octanol–water partition coefficient (Wildman–Crippen LogP) is 2.36. The van der Waals surface area contributed by atoms with E-state index in [2.05, 4.69) is 10.6 Å². The molecule has 0 aromatic heterocycles. The summed E-state index contributed by atoms with van der Waals surface area (Å²) in [6, 6.07) is 13.5. The van der Waals surface area contributed by atoms with Gasteiger partial charge in [-0.25, -0.2) is 4.79 Å². The summed E-state index contributed by atoms with van der Waals surface area (Å²) in [6.07, 6.45) is 0. The third-order valence-corrected chi connectivity index (χ3v) is 3.34. The number of hydrogen-bond acceptors (Lipinski definition) is 4. The Morgan fingerprint density at radius 3 is 2.29 bits per heavy atom. The summed E-state index contributed by atoms with van der Waals surface area (Å²) in [4.78, 5) is 34.9. The Labute approximate surface area is 139 Å². The van der Waals surface area contributed by atoms with Gasteiger partial charge in [0.15, 0.2) is 0 Å². The zero-order chi connectivity index (χ0) is 17.5. The minimum atomic E-state index is -0.517. The lowest BCUT2D eigenvalue weighted by Gasteiger charge is -2.10. The monoisotopic (exact) mass is 326 g/mol. The molecule has 0 aliphatic rings. The summed E-state index contributed by atoms with van der Waals surface area (Å²) in [5.74, 6) is -0.967. The molecule has 0 bridgehead atoms. The topological polar surface area (TPSA) is 84.5 Å². The molecule has 0 saturated heterocycles. The Hall–Kier alpha value is -3.15. The van der Waals surface area contributed by atoms with Crippen LogP contribution in [-0.4, -0.2) is 24.9 Å². The molecular weight excluding hydrogens is 308 g/mol. The lowest BCUT2D eigenvalue weighted by molar-refractivity contribution is -0.119. The summed E-state index contributed by atoms with van der Waals surface area (Å²) < 4.78 is 4.70. The number of anilines is 1. The fourth-order valence-corrected chi connectivity index (χ4v) is 2.08.